The van der Waals surface area contributed by atoms with E-state index in [1.165, 1.54) is 12.1 Å². The molecule has 0 spiro atoms. The zero-order valence-electron chi connectivity index (χ0n) is 9.91. The smallest absolute Gasteiger partial charge is 0.269 e. The molecule has 1 aromatic carbocycles. The van der Waals surface area contributed by atoms with Crippen LogP contribution in [0.15, 0.2) is 24.3 Å². The summed E-state index contributed by atoms with van der Waals surface area (Å²) in [4.78, 5) is 23.4. The lowest BCUT2D eigenvalue weighted by Gasteiger charge is -2.15. The molecule has 1 aromatic rings. The summed E-state index contributed by atoms with van der Waals surface area (Å²) in [5.74, 6) is -0.00286. The van der Waals surface area contributed by atoms with E-state index < -0.39 is 4.92 Å². The largest absolute Gasteiger partial charge is 0.341 e. The van der Waals surface area contributed by atoms with E-state index >= 15 is 0 Å². The molecule has 6 heteroatoms. The van der Waals surface area contributed by atoms with Crippen LogP contribution in [-0.2, 0) is 11.2 Å². The second kappa shape index (κ2) is 5.14. The average molecular weight is 249 g/mol. The minimum absolute atomic E-state index is 0.00286. The molecule has 1 aliphatic rings. The monoisotopic (exact) mass is 249 g/mol. The number of rotatable bonds is 4. The van der Waals surface area contributed by atoms with Crippen molar-refractivity contribution in [3.63, 3.8) is 0 Å². The number of benzene rings is 1. The van der Waals surface area contributed by atoms with Crippen molar-refractivity contribution in [3.8, 4) is 0 Å². The molecule has 1 amide bonds. The van der Waals surface area contributed by atoms with Gasteiger partial charge in [-0.25, -0.2) is 0 Å². The third-order valence-electron chi connectivity index (χ3n) is 3.16. The van der Waals surface area contributed by atoms with Gasteiger partial charge in [0.15, 0.2) is 0 Å². The Balaban J connectivity index is 1.91. The maximum Gasteiger partial charge on any atom is 0.269 e. The van der Waals surface area contributed by atoms with Gasteiger partial charge in [0.2, 0.25) is 5.91 Å². The van der Waals surface area contributed by atoms with Crippen molar-refractivity contribution in [2.75, 3.05) is 13.1 Å². The first kappa shape index (κ1) is 12.5. The van der Waals surface area contributed by atoms with Gasteiger partial charge >= 0.3 is 0 Å². The van der Waals surface area contributed by atoms with Crippen LogP contribution in [-0.4, -0.2) is 34.9 Å². The minimum atomic E-state index is -0.424. The first-order valence-electron chi connectivity index (χ1n) is 5.85. The lowest BCUT2D eigenvalue weighted by atomic mass is 10.1. The summed E-state index contributed by atoms with van der Waals surface area (Å²) in [7, 11) is 0. The molecule has 0 bridgehead atoms. The first-order chi connectivity index (χ1) is 8.58. The van der Waals surface area contributed by atoms with Gasteiger partial charge in [-0.1, -0.05) is 12.1 Å². The summed E-state index contributed by atoms with van der Waals surface area (Å²) in [6.07, 6.45) is 1.40. The molecule has 2 rings (SSSR count). The normalized spacial score (nSPS) is 19.3. The SMILES string of the molecule is NC1CCN(CCc2ccc([N+](=O)[O-])cc2)C1=O. The van der Waals surface area contributed by atoms with Crippen LogP contribution >= 0.6 is 0 Å². The lowest BCUT2D eigenvalue weighted by Crippen LogP contribution is -2.35. The number of carbonyl (C=O) groups excluding carboxylic acids is 1. The molecule has 0 radical (unpaired) electrons. The van der Waals surface area contributed by atoms with Gasteiger partial charge in [0.05, 0.1) is 11.0 Å². The van der Waals surface area contributed by atoms with Gasteiger partial charge in [0, 0.05) is 25.2 Å². The van der Waals surface area contributed by atoms with Gasteiger partial charge in [-0.2, -0.15) is 0 Å². The molecule has 18 heavy (non-hydrogen) atoms. The lowest BCUT2D eigenvalue weighted by molar-refractivity contribution is -0.384. The highest BCUT2D eigenvalue weighted by Gasteiger charge is 2.27. The Morgan fingerprint density at radius 3 is 2.56 bits per heavy atom. The second-order valence-electron chi connectivity index (χ2n) is 4.39. The van der Waals surface area contributed by atoms with Gasteiger partial charge < -0.3 is 10.6 Å². The number of nitrogens with zero attached hydrogens (tertiary/aromatic N) is 2. The number of nitro groups is 1. The number of non-ortho nitro benzene ring substituents is 1. The van der Waals surface area contributed by atoms with Gasteiger partial charge in [-0.3, -0.25) is 14.9 Å². The summed E-state index contributed by atoms with van der Waals surface area (Å²) in [6.45, 7) is 1.32. The van der Waals surface area contributed by atoms with Crippen LogP contribution in [0.1, 0.15) is 12.0 Å². The Morgan fingerprint density at radius 2 is 2.06 bits per heavy atom. The second-order valence-corrected chi connectivity index (χ2v) is 4.39. The van der Waals surface area contributed by atoms with E-state index in [0.717, 1.165) is 5.56 Å². The molecule has 1 heterocycles. The minimum Gasteiger partial charge on any atom is -0.341 e. The standard InChI is InChI=1S/C12H15N3O3/c13-11-6-8-14(12(11)16)7-5-9-1-3-10(4-2-9)15(17)18/h1-4,11H,5-8,13H2. The van der Waals surface area contributed by atoms with Crippen LogP contribution in [0.4, 0.5) is 5.69 Å². The number of nitro benzene ring substituents is 1. The molecule has 96 valence electrons. The fraction of sp³-hybridized carbons (Fsp3) is 0.417. The third kappa shape index (κ3) is 2.65. The summed E-state index contributed by atoms with van der Waals surface area (Å²) < 4.78 is 0. The van der Waals surface area contributed by atoms with E-state index in [4.69, 9.17) is 5.73 Å². The van der Waals surface area contributed by atoms with Crippen LogP contribution < -0.4 is 5.73 Å². The molecule has 1 aliphatic heterocycles. The molecule has 0 aromatic heterocycles. The molecule has 1 fully saturated rings. The highest BCUT2D eigenvalue weighted by molar-refractivity contribution is 5.83. The van der Waals surface area contributed by atoms with Crippen molar-refractivity contribution < 1.29 is 9.72 Å². The van der Waals surface area contributed by atoms with Crippen molar-refractivity contribution in [1.82, 2.24) is 4.90 Å². The Labute approximate surface area is 105 Å². The molecule has 0 aliphatic carbocycles. The molecule has 1 saturated heterocycles. The number of nitrogens with two attached hydrogens (primary N) is 1. The molecular weight excluding hydrogens is 234 g/mol. The highest BCUT2D eigenvalue weighted by atomic mass is 16.6. The van der Waals surface area contributed by atoms with Crippen LogP contribution in [0.25, 0.3) is 0 Å². The van der Waals surface area contributed by atoms with Crippen LogP contribution in [0.2, 0.25) is 0 Å². The average Bonchev–Trinajstić information content (AvgIpc) is 2.68. The Hall–Kier alpha value is -1.95. The number of hydrogen-bond donors (Lipinski definition) is 1. The van der Waals surface area contributed by atoms with Crippen molar-refractivity contribution in [2.45, 2.75) is 18.9 Å². The number of amides is 1. The quantitative estimate of drug-likeness (QED) is 0.628. The van der Waals surface area contributed by atoms with E-state index in [-0.39, 0.29) is 17.6 Å². The van der Waals surface area contributed by atoms with Crippen LogP contribution in [0, 0.1) is 10.1 Å². The van der Waals surface area contributed by atoms with Crippen molar-refractivity contribution in [3.05, 3.63) is 39.9 Å². The molecule has 0 saturated carbocycles. The maximum absolute atomic E-state index is 11.6. The van der Waals surface area contributed by atoms with Gasteiger partial charge in [-0.15, -0.1) is 0 Å². The summed E-state index contributed by atoms with van der Waals surface area (Å²) in [5.41, 5.74) is 6.69. The Bertz CT molecular complexity index is 458. The van der Waals surface area contributed by atoms with Crippen LogP contribution in [0.5, 0.6) is 0 Å². The van der Waals surface area contributed by atoms with Gasteiger partial charge in [0.1, 0.15) is 0 Å². The fourth-order valence-corrected chi connectivity index (χ4v) is 2.03. The predicted octanol–water partition coefficient (Wildman–Crippen LogP) is 0.697. The van der Waals surface area contributed by atoms with Crippen molar-refractivity contribution in [1.29, 1.82) is 0 Å². The highest BCUT2D eigenvalue weighted by Crippen LogP contribution is 2.14. The third-order valence-corrected chi connectivity index (χ3v) is 3.16. The molecular formula is C12H15N3O3. The number of likely N-dealkylation sites (tertiary alicyclic amines) is 1. The van der Waals surface area contributed by atoms with E-state index in [1.807, 2.05) is 0 Å². The Morgan fingerprint density at radius 1 is 1.39 bits per heavy atom. The van der Waals surface area contributed by atoms with Gasteiger partial charge in [0.25, 0.3) is 5.69 Å². The molecule has 1 unspecified atom stereocenters. The van der Waals surface area contributed by atoms with E-state index in [0.29, 0.717) is 25.9 Å². The summed E-state index contributed by atoms with van der Waals surface area (Å²) >= 11 is 0. The van der Waals surface area contributed by atoms with Crippen molar-refractivity contribution in [2.24, 2.45) is 5.73 Å². The number of hydrogen-bond acceptors (Lipinski definition) is 4. The molecule has 1 atom stereocenters. The predicted molar refractivity (Wildman–Crippen MR) is 66.0 cm³/mol. The van der Waals surface area contributed by atoms with E-state index in [9.17, 15) is 14.9 Å². The first-order valence-corrected chi connectivity index (χ1v) is 5.85. The topological polar surface area (TPSA) is 89.5 Å². The number of carbonyl (C=O) groups is 1. The Kier molecular flexibility index (Phi) is 3.57. The van der Waals surface area contributed by atoms with E-state index in [2.05, 4.69) is 0 Å². The van der Waals surface area contributed by atoms with Crippen molar-refractivity contribution >= 4 is 11.6 Å². The summed E-state index contributed by atoms with van der Waals surface area (Å²) in [5, 5.41) is 10.5. The summed E-state index contributed by atoms with van der Waals surface area (Å²) in [6, 6.07) is 6.04. The zero-order chi connectivity index (χ0) is 13.1. The van der Waals surface area contributed by atoms with Crippen LogP contribution in [0.3, 0.4) is 0 Å². The van der Waals surface area contributed by atoms with Gasteiger partial charge in [-0.05, 0) is 18.4 Å². The van der Waals surface area contributed by atoms with E-state index in [1.54, 1.807) is 17.0 Å². The molecule has 6 nitrogen and oxygen atoms in total. The zero-order valence-corrected chi connectivity index (χ0v) is 9.91. The fourth-order valence-electron chi connectivity index (χ4n) is 2.03. The maximum atomic E-state index is 11.6. The molecule has 2 N–H and O–H groups in total.